The average Bonchev–Trinajstić information content (AvgIpc) is 2.97. The smallest absolute Gasteiger partial charge is 0.148 e. The zero-order chi connectivity index (χ0) is 14.9. The van der Waals surface area contributed by atoms with E-state index in [4.69, 9.17) is 4.42 Å². The fourth-order valence-corrected chi connectivity index (χ4v) is 3.38. The number of halogens is 1. The van der Waals surface area contributed by atoms with Gasteiger partial charge < -0.3 is 4.42 Å². The molecule has 1 nitrogen and oxygen atoms in total. The number of rotatable bonds is 2. The predicted molar refractivity (Wildman–Crippen MR) is 99.8 cm³/mol. The molecule has 0 aliphatic rings. The van der Waals surface area contributed by atoms with Gasteiger partial charge in [-0.05, 0) is 34.2 Å². The molecule has 0 fully saturated rings. The molecule has 0 aliphatic carbocycles. The average molecular weight is 396 g/mol. The molecule has 1 aromatic heterocycles. The van der Waals surface area contributed by atoms with Crippen LogP contribution in [0.25, 0.3) is 33.4 Å². The highest BCUT2D eigenvalue weighted by atomic mass is 127. The molecule has 106 valence electrons. The first-order valence-corrected chi connectivity index (χ1v) is 8.24. The van der Waals surface area contributed by atoms with Crippen LogP contribution in [0, 0.1) is 3.57 Å². The molecular formula is C20H13IO. The lowest BCUT2D eigenvalue weighted by molar-refractivity contribution is 0.630. The predicted octanol–water partition coefficient (Wildman–Crippen LogP) is 6.37. The van der Waals surface area contributed by atoms with Crippen LogP contribution in [0.1, 0.15) is 0 Å². The summed E-state index contributed by atoms with van der Waals surface area (Å²) in [6, 6.07) is 27.0. The molecule has 0 saturated carbocycles. The summed E-state index contributed by atoms with van der Waals surface area (Å²) in [5.74, 6) is 0.936. The number of fused-ring (bicyclic) bond motifs is 1. The molecule has 2 heteroatoms. The molecule has 22 heavy (non-hydrogen) atoms. The monoisotopic (exact) mass is 396 g/mol. The second kappa shape index (κ2) is 5.61. The van der Waals surface area contributed by atoms with Gasteiger partial charge in [0.25, 0.3) is 0 Å². The number of hydrogen-bond acceptors (Lipinski definition) is 1. The Morgan fingerprint density at radius 1 is 0.636 bits per heavy atom. The summed E-state index contributed by atoms with van der Waals surface area (Å²) in [7, 11) is 0. The highest BCUT2D eigenvalue weighted by Crippen LogP contribution is 2.41. The van der Waals surface area contributed by atoms with Crippen LogP contribution in [0.15, 0.2) is 83.3 Å². The Kier molecular flexibility index (Phi) is 3.47. The third-order valence-corrected chi connectivity index (χ3v) is 4.62. The lowest BCUT2D eigenvalue weighted by Gasteiger charge is -2.03. The summed E-state index contributed by atoms with van der Waals surface area (Å²) >= 11 is 2.33. The van der Waals surface area contributed by atoms with E-state index in [2.05, 4.69) is 77.2 Å². The van der Waals surface area contributed by atoms with Crippen molar-refractivity contribution in [2.24, 2.45) is 0 Å². The van der Waals surface area contributed by atoms with Crippen molar-refractivity contribution >= 4 is 33.6 Å². The Morgan fingerprint density at radius 3 is 1.95 bits per heavy atom. The van der Waals surface area contributed by atoms with E-state index in [-0.39, 0.29) is 0 Å². The molecule has 4 aromatic rings. The van der Waals surface area contributed by atoms with Crippen molar-refractivity contribution in [3.05, 3.63) is 82.4 Å². The first kappa shape index (κ1) is 13.6. The number of furan rings is 1. The fraction of sp³-hybridized carbons (Fsp3) is 0. The van der Waals surface area contributed by atoms with Crippen LogP contribution in [0.3, 0.4) is 0 Å². The maximum Gasteiger partial charge on any atom is 0.148 e. The second-order valence-corrected chi connectivity index (χ2v) is 6.32. The third kappa shape index (κ3) is 2.24. The van der Waals surface area contributed by atoms with Gasteiger partial charge in [-0.25, -0.2) is 0 Å². The van der Waals surface area contributed by atoms with Gasteiger partial charge in [-0.2, -0.15) is 0 Å². The topological polar surface area (TPSA) is 13.1 Å². The Labute approximate surface area is 142 Å². The first-order valence-electron chi connectivity index (χ1n) is 7.16. The highest BCUT2D eigenvalue weighted by molar-refractivity contribution is 14.1. The van der Waals surface area contributed by atoms with E-state index in [1.807, 2.05) is 24.3 Å². The molecule has 0 N–H and O–H groups in total. The first-order chi connectivity index (χ1) is 10.8. The Balaban J connectivity index is 2.10. The summed E-state index contributed by atoms with van der Waals surface area (Å²) < 4.78 is 7.40. The van der Waals surface area contributed by atoms with Crippen LogP contribution < -0.4 is 0 Å². The van der Waals surface area contributed by atoms with Crippen molar-refractivity contribution < 1.29 is 4.42 Å². The van der Waals surface area contributed by atoms with Crippen molar-refractivity contribution in [3.63, 3.8) is 0 Å². The van der Waals surface area contributed by atoms with Gasteiger partial charge in [-0.3, -0.25) is 0 Å². The standard InChI is InChI=1S/C20H13IO/c21-17-13-7-12-16-18(14-8-3-1-4-9-14)19(22-20(16)17)15-10-5-2-6-11-15/h1-13H. The van der Waals surface area contributed by atoms with Crippen LogP contribution in [-0.2, 0) is 0 Å². The molecule has 0 radical (unpaired) electrons. The van der Waals surface area contributed by atoms with Gasteiger partial charge in [0.05, 0.1) is 3.57 Å². The molecule has 0 aliphatic heterocycles. The summed E-state index contributed by atoms with van der Waals surface area (Å²) in [4.78, 5) is 0. The van der Waals surface area contributed by atoms with Gasteiger partial charge in [0, 0.05) is 16.5 Å². The number of hydrogen-bond donors (Lipinski definition) is 0. The summed E-state index contributed by atoms with van der Waals surface area (Å²) in [6.45, 7) is 0. The molecule has 0 saturated heterocycles. The number of para-hydroxylation sites is 1. The van der Waals surface area contributed by atoms with E-state index in [1.165, 1.54) is 11.1 Å². The van der Waals surface area contributed by atoms with Crippen molar-refractivity contribution in [2.75, 3.05) is 0 Å². The normalized spacial score (nSPS) is 11.0. The zero-order valence-corrected chi connectivity index (χ0v) is 13.9. The van der Waals surface area contributed by atoms with Gasteiger partial charge in [0.15, 0.2) is 0 Å². The molecule has 0 unspecified atom stereocenters. The minimum absolute atomic E-state index is 0.936. The van der Waals surface area contributed by atoms with Gasteiger partial charge in [-0.1, -0.05) is 72.8 Å². The quantitative estimate of drug-likeness (QED) is 0.359. The second-order valence-electron chi connectivity index (χ2n) is 5.15. The summed E-state index contributed by atoms with van der Waals surface area (Å²) in [5.41, 5.74) is 4.41. The minimum Gasteiger partial charge on any atom is -0.454 e. The molecule has 0 bridgehead atoms. The Morgan fingerprint density at radius 2 is 1.27 bits per heavy atom. The van der Waals surface area contributed by atoms with E-state index < -0.39 is 0 Å². The maximum atomic E-state index is 6.26. The van der Waals surface area contributed by atoms with Gasteiger partial charge in [-0.15, -0.1) is 0 Å². The zero-order valence-electron chi connectivity index (χ0n) is 11.8. The molecule has 0 amide bonds. The Hall–Kier alpha value is -2.07. The van der Waals surface area contributed by atoms with Crippen molar-refractivity contribution in [3.8, 4) is 22.5 Å². The largest absolute Gasteiger partial charge is 0.454 e. The van der Waals surface area contributed by atoms with Gasteiger partial charge >= 0.3 is 0 Å². The van der Waals surface area contributed by atoms with Crippen molar-refractivity contribution in [1.82, 2.24) is 0 Å². The van der Waals surface area contributed by atoms with Crippen LogP contribution in [0.2, 0.25) is 0 Å². The maximum absolute atomic E-state index is 6.26. The van der Waals surface area contributed by atoms with Crippen molar-refractivity contribution in [1.29, 1.82) is 0 Å². The van der Waals surface area contributed by atoms with Crippen molar-refractivity contribution in [2.45, 2.75) is 0 Å². The Bertz CT molecular complexity index is 924. The van der Waals surface area contributed by atoms with E-state index in [1.54, 1.807) is 0 Å². The lowest BCUT2D eigenvalue weighted by atomic mass is 9.99. The van der Waals surface area contributed by atoms with Crippen LogP contribution in [-0.4, -0.2) is 0 Å². The SMILES string of the molecule is Ic1cccc2c(-c3ccccc3)c(-c3ccccc3)oc12. The fourth-order valence-electron chi connectivity index (χ4n) is 2.77. The lowest BCUT2D eigenvalue weighted by Crippen LogP contribution is -1.80. The summed E-state index contributed by atoms with van der Waals surface area (Å²) in [5, 5.41) is 1.16. The molecule has 4 rings (SSSR count). The highest BCUT2D eigenvalue weighted by Gasteiger charge is 2.18. The third-order valence-electron chi connectivity index (χ3n) is 3.77. The summed E-state index contributed by atoms with van der Waals surface area (Å²) in [6.07, 6.45) is 0. The molecule has 0 atom stereocenters. The minimum atomic E-state index is 0.936. The van der Waals surface area contributed by atoms with E-state index >= 15 is 0 Å². The van der Waals surface area contributed by atoms with Gasteiger partial charge in [0.2, 0.25) is 0 Å². The number of benzene rings is 3. The van der Waals surface area contributed by atoms with E-state index in [0.717, 1.165) is 25.9 Å². The molecule has 3 aromatic carbocycles. The molecular weight excluding hydrogens is 383 g/mol. The molecule has 1 heterocycles. The van der Waals surface area contributed by atoms with E-state index in [9.17, 15) is 0 Å². The van der Waals surface area contributed by atoms with Gasteiger partial charge in [0.1, 0.15) is 11.3 Å². The molecule has 0 spiro atoms. The van der Waals surface area contributed by atoms with Crippen LogP contribution in [0.5, 0.6) is 0 Å². The van der Waals surface area contributed by atoms with Crippen LogP contribution in [0.4, 0.5) is 0 Å². The van der Waals surface area contributed by atoms with Crippen LogP contribution >= 0.6 is 22.6 Å². The van der Waals surface area contributed by atoms with E-state index in [0.29, 0.717) is 0 Å².